The summed E-state index contributed by atoms with van der Waals surface area (Å²) in [4.78, 5) is 3.44. The van der Waals surface area contributed by atoms with Gasteiger partial charge in [0.25, 0.3) is 10.0 Å². The quantitative estimate of drug-likeness (QED) is 0.857. The highest BCUT2D eigenvalue weighted by Gasteiger charge is 2.18. The van der Waals surface area contributed by atoms with E-state index < -0.39 is 20.0 Å². The van der Waals surface area contributed by atoms with E-state index in [0.717, 1.165) is 23.6 Å². The van der Waals surface area contributed by atoms with Crippen molar-refractivity contribution < 1.29 is 16.8 Å². The largest absolute Gasteiger partial charge is 0.279 e. The van der Waals surface area contributed by atoms with Gasteiger partial charge in [-0.1, -0.05) is 29.0 Å². The first-order valence-corrected chi connectivity index (χ1v) is 9.18. The normalized spacial score (nSPS) is 12.3. The fourth-order valence-electron chi connectivity index (χ4n) is 1.31. The standard InChI is InChI=1S/C9H8ClN3O4S3/c10-9-12-5-8(18-9)20(16,17)13-6-2-1-3-7(4-6)19(11,14)15/h1-5,13H,(H2,11,14,15). The second-order valence-corrected chi connectivity index (χ2v) is 8.69. The molecule has 0 unspecified atom stereocenters. The Kier molecular flexibility index (Phi) is 4.02. The second kappa shape index (κ2) is 5.30. The fourth-order valence-corrected chi connectivity index (χ4v) is 4.21. The van der Waals surface area contributed by atoms with Gasteiger partial charge in [0.05, 0.1) is 16.8 Å². The maximum atomic E-state index is 12.0. The summed E-state index contributed by atoms with van der Waals surface area (Å²) in [5, 5.41) is 4.97. The number of primary sulfonamides is 1. The molecule has 20 heavy (non-hydrogen) atoms. The van der Waals surface area contributed by atoms with Crippen LogP contribution in [0.2, 0.25) is 4.47 Å². The Morgan fingerprint density at radius 3 is 2.50 bits per heavy atom. The van der Waals surface area contributed by atoms with Crippen molar-refractivity contribution in [2.45, 2.75) is 9.10 Å². The first kappa shape index (κ1) is 15.2. The van der Waals surface area contributed by atoms with Crippen LogP contribution in [0.5, 0.6) is 0 Å². The van der Waals surface area contributed by atoms with Crippen molar-refractivity contribution >= 4 is 48.7 Å². The molecule has 108 valence electrons. The fraction of sp³-hybridized carbons (Fsp3) is 0. The van der Waals surface area contributed by atoms with Gasteiger partial charge in [-0.3, -0.25) is 4.72 Å². The zero-order valence-corrected chi connectivity index (χ0v) is 12.9. The average molecular weight is 354 g/mol. The molecule has 11 heteroatoms. The monoisotopic (exact) mass is 353 g/mol. The number of nitrogens with one attached hydrogen (secondary N) is 1. The van der Waals surface area contributed by atoms with Crippen LogP contribution in [0.4, 0.5) is 5.69 Å². The first-order valence-electron chi connectivity index (χ1n) is 4.95. The molecule has 1 heterocycles. The van der Waals surface area contributed by atoms with E-state index in [0.29, 0.717) is 0 Å². The number of nitrogens with zero attached hydrogens (tertiary/aromatic N) is 1. The molecule has 0 saturated heterocycles. The zero-order valence-electron chi connectivity index (χ0n) is 9.65. The third-order valence-electron chi connectivity index (χ3n) is 2.14. The molecule has 0 amide bonds. The molecule has 2 aromatic rings. The molecule has 7 nitrogen and oxygen atoms in total. The van der Waals surface area contributed by atoms with Crippen LogP contribution in [-0.4, -0.2) is 21.8 Å². The number of benzene rings is 1. The number of aromatic nitrogens is 1. The molecule has 1 aromatic heterocycles. The predicted molar refractivity (Wildman–Crippen MR) is 75.7 cm³/mol. The summed E-state index contributed by atoms with van der Waals surface area (Å²) in [5.41, 5.74) is 0.0704. The van der Waals surface area contributed by atoms with Crippen LogP contribution in [0.15, 0.2) is 39.6 Å². The number of anilines is 1. The van der Waals surface area contributed by atoms with Crippen LogP contribution in [-0.2, 0) is 20.0 Å². The third kappa shape index (κ3) is 3.46. The lowest BCUT2D eigenvalue weighted by atomic mass is 10.3. The Morgan fingerprint density at radius 2 is 1.95 bits per heavy atom. The number of hydrogen-bond donors (Lipinski definition) is 2. The van der Waals surface area contributed by atoms with Crippen molar-refractivity contribution in [1.82, 2.24) is 4.98 Å². The molecule has 0 aliphatic carbocycles. The van der Waals surface area contributed by atoms with E-state index in [1.807, 2.05) is 0 Å². The molecule has 0 atom stereocenters. The number of halogens is 1. The van der Waals surface area contributed by atoms with Gasteiger partial charge in [0.15, 0.2) is 8.68 Å². The lowest BCUT2D eigenvalue weighted by Gasteiger charge is -2.07. The molecule has 0 radical (unpaired) electrons. The average Bonchev–Trinajstić information content (AvgIpc) is 2.75. The molecule has 0 saturated carbocycles. The van der Waals surface area contributed by atoms with E-state index >= 15 is 0 Å². The molecule has 3 N–H and O–H groups in total. The summed E-state index contributed by atoms with van der Waals surface area (Å²) >= 11 is 6.36. The molecule has 1 aromatic carbocycles. The van der Waals surface area contributed by atoms with Gasteiger partial charge in [-0.25, -0.2) is 27.0 Å². The summed E-state index contributed by atoms with van der Waals surface area (Å²) in [7, 11) is -7.78. The predicted octanol–water partition coefficient (Wildman–Crippen LogP) is 1.24. The van der Waals surface area contributed by atoms with E-state index in [1.54, 1.807) is 0 Å². The van der Waals surface area contributed by atoms with Crippen LogP contribution >= 0.6 is 22.9 Å². The molecule has 0 aliphatic rings. The summed E-state index contributed by atoms with van der Waals surface area (Å²) < 4.78 is 48.6. The Bertz CT molecular complexity index is 845. The van der Waals surface area contributed by atoms with Crippen molar-refractivity contribution in [2.75, 3.05) is 4.72 Å². The second-order valence-electron chi connectivity index (χ2n) is 3.61. The van der Waals surface area contributed by atoms with Gasteiger partial charge in [-0.05, 0) is 18.2 Å². The SMILES string of the molecule is NS(=O)(=O)c1cccc(NS(=O)(=O)c2cnc(Cl)s2)c1. The van der Waals surface area contributed by atoms with Gasteiger partial charge >= 0.3 is 0 Å². The first-order chi connectivity index (χ1) is 9.18. The minimum Gasteiger partial charge on any atom is -0.279 e. The van der Waals surface area contributed by atoms with Crippen molar-refractivity contribution in [2.24, 2.45) is 5.14 Å². The lowest BCUT2D eigenvalue weighted by molar-refractivity contribution is 0.596. The molecule has 0 fully saturated rings. The maximum absolute atomic E-state index is 12.0. The van der Waals surface area contributed by atoms with Gasteiger partial charge < -0.3 is 0 Å². The van der Waals surface area contributed by atoms with Gasteiger partial charge in [-0.2, -0.15) is 0 Å². The number of nitrogens with two attached hydrogens (primary N) is 1. The Balaban J connectivity index is 2.35. The van der Waals surface area contributed by atoms with Crippen LogP contribution in [0.1, 0.15) is 0 Å². The van der Waals surface area contributed by atoms with Crippen LogP contribution < -0.4 is 9.86 Å². The van der Waals surface area contributed by atoms with Crippen molar-refractivity contribution in [1.29, 1.82) is 0 Å². The lowest BCUT2D eigenvalue weighted by Crippen LogP contribution is -2.14. The van der Waals surface area contributed by atoms with Crippen LogP contribution in [0, 0.1) is 0 Å². The molecular formula is C9H8ClN3O4S3. The summed E-state index contributed by atoms with van der Waals surface area (Å²) in [6.07, 6.45) is 1.11. The Hall–Kier alpha value is -1.20. The van der Waals surface area contributed by atoms with E-state index in [1.165, 1.54) is 18.2 Å². The maximum Gasteiger partial charge on any atom is 0.273 e. The molecule has 0 spiro atoms. The number of hydrogen-bond acceptors (Lipinski definition) is 6. The summed E-state index contributed by atoms with van der Waals surface area (Å²) in [6.45, 7) is 0. The molecule has 0 aliphatic heterocycles. The van der Waals surface area contributed by atoms with E-state index in [-0.39, 0.29) is 19.3 Å². The Morgan fingerprint density at radius 1 is 1.25 bits per heavy atom. The third-order valence-corrected chi connectivity index (χ3v) is 6.00. The van der Waals surface area contributed by atoms with Gasteiger partial charge in [0, 0.05) is 0 Å². The number of rotatable bonds is 4. The summed E-state index contributed by atoms with van der Waals surface area (Å²) in [6, 6.07) is 5.15. The van der Waals surface area contributed by atoms with E-state index in [4.69, 9.17) is 16.7 Å². The van der Waals surface area contributed by atoms with Crippen LogP contribution in [0.3, 0.4) is 0 Å². The number of sulfonamides is 2. The smallest absolute Gasteiger partial charge is 0.273 e. The topological polar surface area (TPSA) is 119 Å². The van der Waals surface area contributed by atoms with Gasteiger partial charge in [0.2, 0.25) is 10.0 Å². The van der Waals surface area contributed by atoms with E-state index in [9.17, 15) is 16.8 Å². The highest BCUT2D eigenvalue weighted by molar-refractivity contribution is 7.94. The molecular weight excluding hydrogens is 346 g/mol. The molecule has 0 bridgehead atoms. The van der Waals surface area contributed by atoms with E-state index in [2.05, 4.69) is 9.71 Å². The number of thiazole rings is 1. The minimum atomic E-state index is -3.91. The highest BCUT2D eigenvalue weighted by Crippen LogP contribution is 2.25. The zero-order chi connectivity index (χ0) is 15.0. The Labute approximate surface area is 124 Å². The van der Waals surface area contributed by atoms with Crippen molar-refractivity contribution in [3.63, 3.8) is 0 Å². The van der Waals surface area contributed by atoms with Crippen molar-refractivity contribution in [3.05, 3.63) is 34.9 Å². The minimum absolute atomic E-state index is 0.0704. The van der Waals surface area contributed by atoms with Crippen molar-refractivity contribution in [3.8, 4) is 0 Å². The van der Waals surface area contributed by atoms with Gasteiger partial charge in [0.1, 0.15) is 0 Å². The van der Waals surface area contributed by atoms with Crippen LogP contribution in [0.25, 0.3) is 0 Å². The van der Waals surface area contributed by atoms with Gasteiger partial charge in [-0.15, -0.1) is 0 Å². The highest BCUT2D eigenvalue weighted by atomic mass is 35.5. The summed E-state index contributed by atoms with van der Waals surface area (Å²) in [5.74, 6) is 0. The molecule has 2 rings (SSSR count).